The minimum absolute atomic E-state index is 0.104. The van der Waals surface area contributed by atoms with Crippen molar-refractivity contribution in [3.05, 3.63) is 70.8 Å². The normalized spacial score (nSPS) is 21.5. The number of Topliss-reactive ketones (excluding diaryl/α,β-unsaturated/α-hetero) is 1. The number of nitrogens with zero attached hydrogens (tertiary/aromatic N) is 1. The molecule has 3 aliphatic heterocycles. The van der Waals surface area contributed by atoms with E-state index < -0.39 is 11.9 Å². The van der Waals surface area contributed by atoms with E-state index in [0.717, 1.165) is 63.7 Å². The van der Waals surface area contributed by atoms with Crippen LogP contribution in [0.5, 0.6) is 5.75 Å². The summed E-state index contributed by atoms with van der Waals surface area (Å²) in [6, 6.07) is 14.3. The third kappa shape index (κ3) is 6.66. The summed E-state index contributed by atoms with van der Waals surface area (Å²) in [5, 5.41) is 0. The SMILES string of the molecule is Cc1ccc(CCN2CCC3(CC2)CC(=O)c2cc(/C=C/C(=O)NOC4CCCCO4)ccc2O3)cc1. The molecule has 0 aliphatic carbocycles. The molecule has 2 aromatic rings. The standard InChI is InChI=1S/C30H36N2O5/c1-22-5-7-23(8-6-22)13-16-32-17-14-30(15-18-32)21-26(33)25-20-24(9-11-27(25)36-30)10-12-28(34)31-37-29-4-2-3-19-35-29/h5-12,20,29H,2-4,13-19,21H2,1H3,(H,31,34)/b12-10+. The van der Waals surface area contributed by atoms with Gasteiger partial charge in [-0.25, -0.2) is 10.3 Å². The van der Waals surface area contributed by atoms with Crippen molar-refractivity contribution in [1.82, 2.24) is 10.4 Å². The van der Waals surface area contributed by atoms with Gasteiger partial charge in [0.1, 0.15) is 11.4 Å². The average molecular weight is 505 g/mol. The quantitative estimate of drug-likeness (QED) is 0.438. The van der Waals surface area contributed by atoms with E-state index in [1.54, 1.807) is 12.1 Å². The maximum atomic E-state index is 13.1. The Labute approximate surface area is 218 Å². The fourth-order valence-electron chi connectivity index (χ4n) is 5.25. The summed E-state index contributed by atoms with van der Waals surface area (Å²) in [7, 11) is 0. The van der Waals surface area contributed by atoms with Gasteiger partial charge in [0, 0.05) is 51.6 Å². The van der Waals surface area contributed by atoms with Gasteiger partial charge in [0.05, 0.1) is 12.0 Å². The number of rotatable bonds is 7. The van der Waals surface area contributed by atoms with E-state index in [0.29, 0.717) is 24.3 Å². The summed E-state index contributed by atoms with van der Waals surface area (Å²) >= 11 is 0. The third-order valence-corrected chi connectivity index (χ3v) is 7.57. The smallest absolute Gasteiger partial charge is 0.267 e. The van der Waals surface area contributed by atoms with Gasteiger partial charge in [0.15, 0.2) is 12.1 Å². The van der Waals surface area contributed by atoms with Crippen molar-refractivity contribution in [1.29, 1.82) is 0 Å². The van der Waals surface area contributed by atoms with Crippen LogP contribution >= 0.6 is 0 Å². The van der Waals surface area contributed by atoms with Crippen molar-refractivity contribution >= 4 is 17.8 Å². The van der Waals surface area contributed by atoms with Crippen LogP contribution in [0.3, 0.4) is 0 Å². The van der Waals surface area contributed by atoms with E-state index in [4.69, 9.17) is 14.3 Å². The molecule has 0 saturated carbocycles. The van der Waals surface area contributed by atoms with Crippen LogP contribution in [-0.2, 0) is 20.8 Å². The molecule has 1 amide bonds. The molecule has 3 heterocycles. The van der Waals surface area contributed by atoms with E-state index in [-0.39, 0.29) is 11.7 Å². The first-order valence-corrected chi connectivity index (χ1v) is 13.4. The molecule has 2 fully saturated rings. The number of benzene rings is 2. The third-order valence-electron chi connectivity index (χ3n) is 7.57. The predicted molar refractivity (Wildman–Crippen MR) is 141 cm³/mol. The molecule has 7 nitrogen and oxygen atoms in total. The van der Waals surface area contributed by atoms with Crippen molar-refractivity contribution in [3.63, 3.8) is 0 Å². The van der Waals surface area contributed by atoms with Crippen LogP contribution in [0.15, 0.2) is 48.5 Å². The molecule has 1 unspecified atom stereocenters. The van der Waals surface area contributed by atoms with Crippen molar-refractivity contribution in [3.8, 4) is 5.75 Å². The Morgan fingerprint density at radius 2 is 1.97 bits per heavy atom. The molecule has 1 N–H and O–H groups in total. The van der Waals surface area contributed by atoms with Crippen molar-refractivity contribution < 1.29 is 23.9 Å². The molecule has 0 aromatic heterocycles. The number of likely N-dealkylation sites (tertiary alicyclic amines) is 1. The second-order valence-electron chi connectivity index (χ2n) is 10.4. The lowest BCUT2D eigenvalue weighted by atomic mass is 9.82. The van der Waals surface area contributed by atoms with Crippen LogP contribution in [0.25, 0.3) is 6.08 Å². The van der Waals surface area contributed by atoms with Crippen LogP contribution in [0, 0.1) is 6.92 Å². The molecule has 196 valence electrons. The van der Waals surface area contributed by atoms with Gasteiger partial charge in [-0.1, -0.05) is 35.9 Å². The van der Waals surface area contributed by atoms with Gasteiger partial charge in [-0.3, -0.25) is 9.59 Å². The van der Waals surface area contributed by atoms with Gasteiger partial charge in [-0.2, -0.15) is 0 Å². The zero-order valence-electron chi connectivity index (χ0n) is 21.5. The summed E-state index contributed by atoms with van der Waals surface area (Å²) in [4.78, 5) is 33.0. The largest absolute Gasteiger partial charge is 0.486 e. The van der Waals surface area contributed by atoms with Crippen LogP contribution in [0.4, 0.5) is 0 Å². The maximum absolute atomic E-state index is 13.1. The number of amides is 1. The van der Waals surface area contributed by atoms with Crippen molar-refractivity contribution in [2.75, 3.05) is 26.2 Å². The predicted octanol–water partition coefficient (Wildman–Crippen LogP) is 4.63. The van der Waals surface area contributed by atoms with E-state index in [9.17, 15) is 9.59 Å². The van der Waals surface area contributed by atoms with E-state index in [1.165, 1.54) is 17.2 Å². The summed E-state index contributed by atoms with van der Waals surface area (Å²) in [5.74, 6) is 0.373. The highest BCUT2D eigenvalue weighted by Gasteiger charge is 2.42. The lowest BCUT2D eigenvalue weighted by Crippen LogP contribution is -2.51. The first-order chi connectivity index (χ1) is 18.0. The Morgan fingerprint density at radius 1 is 1.16 bits per heavy atom. The Bertz CT molecular complexity index is 1130. The number of hydroxylamine groups is 1. The first-order valence-electron chi connectivity index (χ1n) is 13.4. The van der Waals surface area contributed by atoms with E-state index in [2.05, 4.69) is 41.6 Å². The molecule has 0 radical (unpaired) electrons. The number of aryl methyl sites for hydroxylation is 1. The molecule has 37 heavy (non-hydrogen) atoms. The topological polar surface area (TPSA) is 77.1 Å². The van der Waals surface area contributed by atoms with E-state index in [1.807, 2.05) is 12.1 Å². The number of carbonyl (C=O) groups excluding carboxylic acids is 2. The molecule has 2 saturated heterocycles. The maximum Gasteiger partial charge on any atom is 0.267 e. The summed E-state index contributed by atoms with van der Waals surface area (Å²) in [6.07, 6.45) is 8.60. The van der Waals surface area contributed by atoms with Crippen LogP contribution in [-0.4, -0.2) is 54.7 Å². The first kappa shape index (κ1) is 25.6. The Balaban J connectivity index is 1.13. The number of carbonyl (C=O) groups is 2. The Kier molecular flexibility index (Phi) is 8.03. The van der Waals surface area contributed by atoms with Gasteiger partial charge >= 0.3 is 0 Å². The molecule has 1 atom stereocenters. The molecule has 2 aromatic carbocycles. The van der Waals surface area contributed by atoms with Gasteiger partial charge in [0.2, 0.25) is 0 Å². The zero-order valence-corrected chi connectivity index (χ0v) is 21.5. The number of piperidine rings is 1. The second-order valence-corrected chi connectivity index (χ2v) is 10.4. The monoisotopic (exact) mass is 504 g/mol. The van der Waals surface area contributed by atoms with Gasteiger partial charge in [0.25, 0.3) is 5.91 Å². The summed E-state index contributed by atoms with van der Waals surface area (Å²) < 4.78 is 11.9. The lowest BCUT2D eigenvalue weighted by molar-refractivity contribution is -0.198. The van der Waals surface area contributed by atoms with Crippen LogP contribution < -0.4 is 10.2 Å². The number of hydrogen-bond acceptors (Lipinski definition) is 6. The molecule has 3 aliphatic rings. The van der Waals surface area contributed by atoms with Gasteiger partial charge in [-0.05, 0) is 55.5 Å². The highest BCUT2D eigenvalue weighted by Crippen LogP contribution is 2.39. The fraction of sp³-hybridized carbons (Fsp3) is 0.467. The average Bonchev–Trinajstić information content (AvgIpc) is 2.92. The number of fused-ring (bicyclic) bond motifs is 1. The number of ketones is 1. The highest BCUT2D eigenvalue weighted by atomic mass is 16.8. The van der Waals surface area contributed by atoms with Crippen molar-refractivity contribution in [2.24, 2.45) is 0 Å². The molecular formula is C30H36N2O5. The fourth-order valence-corrected chi connectivity index (χ4v) is 5.25. The zero-order chi connectivity index (χ0) is 25.7. The Hall–Kier alpha value is -3.00. The van der Waals surface area contributed by atoms with Gasteiger partial charge in [-0.15, -0.1) is 0 Å². The highest BCUT2D eigenvalue weighted by molar-refractivity contribution is 6.01. The second kappa shape index (κ2) is 11.6. The number of hydrogen-bond donors (Lipinski definition) is 1. The molecule has 7 heteroatoms. The molecular weight excluding hydrogens is 468 g/mol. The summed E-state index contributed by atoms with van der Waals surface area (Å²) in [5.41, 5.74) is 5.99. The molecule has 0 bridgehead atoms. The van der Waals surface area contributed by atoms with E-state index >= 15 is 0 Å². The number of ether oxygens (including phenoxy) is 2. The van der Waals surface area contributed by atoms with Crippen LogP contribution in [0.2, 0.25) is 0 Å². The summed E-state index contributed by atoms with van der Waals surface area (Å²) in [6.45, 7) is 5.63. The minimum atomic E-state index is -0.416. The van der Waals surface area contributed by atoms with Crippen LogP contribution in [0.1, 0.15) is 65.6 Å². The molecule has 5 rings (SSSR count). The van der Waals surface area contributed by atoms with Gasteiger partial charge < -0.3 is 14.4 Å². The lowest BCUT2D eigenvalue weighted by Gasteiger charge is -2.44. The minimum Gasteiger partial charge on any atom is -0.486 e. The Morgan fingerprint density at radius 3 is 2.73 bits per heavy atom. The molecule has 1 spiro atoms. The van der Waals surface area contributed by atoms with Crippen molar-refractivity contribution in [2.45, 2.75) is 63.8 Å². The number of nitrogens with one attached hydrogen (secondary N) is 1.